The van der Waals surface area contributed by atoms with E-state index in [0.717, 1.165) is 0 Å². The van der Waals surface area contributed by atoms with E-state index in [9.17, 15) is 8.42 Å². The van der Waals surface area contributed by atoms with E-state index in [1.807, 2.05) is 0 Å². The van der Waals surface area contributed by atoms with Gasteiger partial charge in [-0.2, -0.15) is 9.40 Å². The van der Waals surface area contributed by atoms with Gasteiger partial charge in [0.05, 0.1) is 6.20 Å². The van der Waals surface area contributed by atoms with Crippen molar-refractivity contribution in [1.82, 2.24) is 14.1 Å². The lowest BCUT2D eigenvalue weighted by molar-refractivity contribution is 0.448. The van der Waals surface area contributed by atoms with Crippen molar-refractivity contribution >= 4 is 33.2 Å². The molecule has 1 heterocycles. The number of sulfonamides is 1. The van der Waals surface area contributed by atoms with Crippen LogP contribution < -0.4 is 0 Å². The number of rotatable bonds is 6. The van der Waals surface area contributed by atoms with E-state index in [0.29, 0.717) is 0 Å². The Kier molecular flexibility index (Phi) is 5.04. The summed E-state index contributed by atoms with van der Waals surface area (Å²) < 4.78 is 26.9. The van der Waals surface area contributed by atoms with E-state index in [2.05, 4.69) is 5.10 Å². The molecule has 0 fully saturated rings. The Morgan fingerprint density at radius 1 is 1.38 bits per heavy atom. The van der Waals surface area contributed by atoms with Crippen LogP contribution in [0.4, 0.5) is 0 Å². The second kappa shape index (κ2) is 5.86. The van der Waals surface area contributed by atoms with Gasteiger partial charge in [0.1, 0.15) is 4.90 Å². The third-order valence-electron chi connectivity index (χ3n) is 1.99. The van der Waals surface area contributed by atoms with Crippen molar-refractivity contribution < 1.29 is 8.42 Å². The Morgan fingerprint density at radius 3 is 2.31 bits per heavy atom. The van der Waals surface area contributed by atoms with Gasteiger partial charge < -0.3 is 0 Å². The third-order valence-corrected chi connectivity index (χ3v) is 4.18. The molecule has 0 aliphatic heterocycles. The maximum absolute atomic E-state index is 12.1. The number of halogens is 2. The van der Waals surface area contributed by atoms with Crippen LogP contribution in [0.2, 0.25) is 0 Å². The first-order valence-corrected chi connectivity index (χ1v) is 7.14. The molecule has 8 heteroatoms. The first-order valence-electron chi connectivity index (χ1n) is 4.63. The van der Waals surface area contributed by atoms with E-state index in [-0.39, 0.29) is 29.7 Å². The largest absolute Gasteiger partial charge is 0.274 e. The topological polar surface area (TPSA) is 55.2 Å². The molecule has 1 rings (SSSR count). The Hall–Kier alpha value is -0.300. The summed E-state index contributed by atoms with van der Waals surface area (Å²) in [4.78, 5) is 0.158. The average Bonchev–Trinajstić information content (AvgIpc) is 2.65. The zero-order valence-electron chi connectivity index (χ0n) is 8.81. The molecule has 0 saturated carbocycles. The van der Waals surface area contributed by atoms with Gasteiger partial charge in [-0.1, -0.05) is 0 Å². The van der Waals surface area contributed by atoms with E-state index >= 15 is 0 Å². The Balaban J connectivity index is 2.97. The van der Waals surface area contributed by atoms with Gasteiger partial charge in [-0.05, 0) is 0 Å². The summed E-state index contributed by atoms with van der Waals surface area (Å²) in [6.07, 6.45) is 2.76. The summed E-state index contributed by atoms with van der Waals surface area (Å²) >= 11 is 11.1. The summed E-state index contributed by atoms with van der Waals surface area (Å²) in [7, 11) is -1.86. The fourth-order valence-electron chi connectivity index (χ4n) is 1.22. The predicted molar refractivity (Wildman–Crippen MR) is 63.4 cm³/mol. The molecule has 0 saturated heterocycles. The van der Waals surface area contributed by atoms with Crippen molar-refractivity contribution in [1.29, 1.82) is 0 Å². The van der Waals surface area contributed by atoms with Crippen molar-refractivity contribution in [2.24, 2.45) is 7.05 Å². The molecule has 0 N–H and O–H groups in total. The number of alkyl halides is 2. The highest BCUT2D eigenvalue weighted by atomic mass is 35.5. The number of hydrogen-bond acceptors (Lipinski definition) is 3. The van der Waals surface area contributed by atoms with Crippen LogP contribution in [0.5, 0.6) is 0 Å². The molecule has 0 atom stereocenters. The number of aromatic nitrogens is 2. The van der Waals surface area contributed by atoms with Gasteiger partial charge in [0.25, 0.3) is 0 Å². The maximum atomic E-state index is 12.1. The molecule has 0 bridgehead atoms. The summed E-state index contributed by atoms with van der Waals surface area (Å²) in [6, 6.07) is 0. The molecule has 0 amide bonds. The van der Waals surface area contributed by atoms with Gasteiger partial charge in [-0.3, -0.25) is 4.68 Å². The van der Waals surface area contributed by atoms with Gasteiger partial charge >= 0.3 is 0 Å². The van der Waals surface area contributed by atoms with Crippen molar-refractivity contribution in [2.45, 2.75) is 4.90 Å². The SMILES string of the molecule is Cn1cc(S(=O)(=O)N(CCCl)CCCl)cn1. The third kappa shape index (κ3) is 3.10. The summed E-state index contributed by atoms with van der Waals surface area (Å²) in [5.74, 6) is 0.465. The van der Waals surface area contributed by atoms with Gasteiger partial charge in [-0.15, -0.1) is 23.2 Å². The number of aryl methyl sites for hydroxylation is 1. The first-order chi connectivity index (χ1) is 7.52. The number of hydrogen-bond donors (Lipinski definition) is 0. The molecule has 0 aromatic carbocycles. The van der Waals surface area contributed by atoms with Crippen molar-refractivity contribution in [3.8, 4) is 0 Å². The van der Waals surface area contributed by atoms with Crippen LogP contribution in [0, 0.1) is 0 Å². The van der Waals surface area contributed by atoms with Gasteiger partial charge in [0.2, 0.25) is 10.0 Å². The summed E-state index contributed by atoms with van der Waals surface area (Å²) in [6.45, 7) is 0.483. The van der Waals surface area contributed by atoms with E-state index in [4.69, 9.17) is 23.2 Å². The number of nitrogens with zero attached hydrogens (tertiary/aromatic N) is 3. The van der Waals surface area contributed by atoms with Crippen LogP contribution >= 0.6 is 23.2 Å². The van der Waals surface area contributed by atoms with Gasteiger partial charge in [0.15, 0.2) is 0 Å². The van der Waals surface area contributed by atoms with Crippen LogP contribution in [-0.4, -0.2) is 47.4 Å². The Bertz CT molecular complexity index is 426. The standard InChI is InChI=1S/C8H13Cl2N3O2S/c1-12-7-8(6-11-12)16(14,15)13(4-2-9)5-3-10/h6-7H,2-5H2,1H3. The first kappa shape index (κ1) is 13.8. The van der Waals surface area contributed by atoms with Gasteiger partial charge in [-0.25, -0.2) is 8.42 Å². The Morgan fingerprint density at radius 2 is 1.94 bits per heavy atom. The normalized spacial score (nSPS) is 12.2. The second-order valence-electron chi connectivity index (χ2n) is 3.13. The molecule has 5 nitrogen and oxygen atoms in total. The molecule has 1 aromatic rings. The molecule has 0 aliphatic carbocycles. The zero-order chi connectivity index (χ0) is 12.2. The molecule has 1 aromatic heterocycles. The van der Waals surface area contributed by atoms with Crippen molar-refractivity contribution in [2.75, 3.05) is 24.8 Å². The molecule has 92 valence electrons. The quantitative estimate of drug-likeness (QED) is 0.730. The molecule has 0 aliphatic rings. The predicted octanol–water partition coefficient (Wildman–Crippen LogP) is 0.888. The molecular weight excluding hydrogens is 273 g/mol. The maximum Gasteiger partial charge on any atom is 0.246 e. The molecular formula is C8H13Cl2N3O2S. The van der Waals surface area contributed by atoms with Crippen LogP contribution in [0.3, 0.4) is 0 Å². The lowest BCUT2D eigenvalue weighted by atomic mass is 10.6. The smallest absolute Gasteiger partial charge is 0.246 e. The second-order valence-corrected chi connectivity index (χ2v) is 5.83. The van der Waals surface area contributed by atoms with E-state index < -0.39 is 10.0 Å². The minimum absolute atomic E-state index is 0.158. The lowest BCUT2D eigenvalue weighted by Crippen LogP contribution is -2.34. The van der Waals surface area contributed by atoms with Crippen LogP contribution in [0.25, 0.3) is 0 Å². The average molecular weight is 286 g/mol. The molecule has 16 heavy (non-hydrogen) atoms. The van der Waals surface area contributed by atoms with Crippen LogP contribution in [0.1, 0.15) is 0 Å². The fraction of sp³-hybridized carbons (Fsp3) is 0.625. The molecule has 0 spiro atoms. The highest BCUT2D eigenvalue weighted by Gasteiger charge is 2.24. The monoisotopic (exact) mass is 285 g/mol. The van der Waals surface area contributed by atoms with Crippen LogP contribution in [-0.2, 0) is 17.1 Å². The summed E-state index contributed by atoms with van der Waals surface area (Å²) in [5.41, 5.74) is 0. The molecule has 0 radical (unpaired) electrons. The minimum Gasteiger partial charge on any atom is -0.274 e. The lowest BCUT2D eigenvalue weighted by Gasteiger charge is -2.18. The van der Waals surface area contributed by atoms with E-state index in [1.54, 1.807) is 7.05 Å². The van der Waals surface area contributed by atoms with Gasteiger partial charge in [0, 0.05) is 38.1 Å². The highest BCUT2D eigenvalue weighted by Crippen LogP contribution is 2.14. The van der Waals surface area contributed by atoms with Crippen LogP contribution in [0.15, 0.2) is 17.3 Å². The Labute approximate surface area is 105 Å². The summed E-state index contributed by atoms with van der Waals surface area (Å²) in [5, 5.41) is 3.83. The zero-order valence-corrected chi connectivity index (χ0v) is 11.1. The minimum atomic E-state index is -3.52. The van der Waals surface area contributed by atoms with Crippen molar-refractivity contribution in [3.05, 3.63) is 12.4 Å². The van der Waals surface area contributed by atoms with E-state index in [1.165, 1.54) is 21.4 Å². The fourth-order valence-corrected chi connectivity index (χ4v) is 3.26. The highest BCUT2D eigenvalue weighted by molar-refractivity contribution is 7.89. The molecule has 0 unspecified atom stereocenters. The van der Waals surface area contributed by atoms with Crippen molar-refractivity contribution in [3.63, 3.8) is 0 Å².